The number of aliphatic hydroxyl groups excluding tert-OH is 1. The number of fused-ring (bicyclic) bond motifs is 1. The molecule has 1 aliphatic carbocycles. The first kappa shape index (κ1) is 16.4. The molecule has 6 heteroatoms. The van der Waals surface area contributed by atoms with Crippen molar-refractivity contribution >= 4 is 27.3 Å². The van der Waals surface area contributed by atoms with E-state index in [4.69, 9.17) is 9.84 Å². The van der Waals surface area contributed by atoms with Crippen LogP contribution < -0.4 is 5.32 Å². The maximum Gasteiger partial charge on any atom is 0.261 e. The van der Waals surface area contributed by atoms with E-state index < -0.39 is 0 Å². The van der Waals surface area contributed by atoms with Crippen LogP contribution in [0, 0.1) is 11.7 Å². The topological polar surface area (TPSA) is 58.6 Å². The van der Waals surface area contributed by atoms with E-state index in [2.05, 4.69) is 5.32 Å². The van der Waals surface area contributed by atoms with Crippen LogP contribution in [0.5, 0.6) is 0 Å². The van der Waals surface area contributed by atoms with Crippen LogP contribution in [0.15, 0.2) is 18.2 Å². The molecule has 23 heavy (non-hydrogen) atoms. The molecule has 2 aromatic rings. The molecule has 0 spiro atoms. The minimum atomic E-state index is -0.334. The van der Waals surface area contributed by atoms with E-state index in [0.717, 1.165) is 17.5 Å². The fourth-order valence-corrected chi connectivity index (χ4v) is 4.06. The van der Waals surface area contributed by atoms with Crippen molar-refractivity contribution in [3.05, 3.63) is 34.5 Å². The third kappa shape index (κ3) is 3.39. The van der Waals surface area contributed by atoms with Crippen LogP contribution in [-0.4, -0.2) is 30.8 Å². The van der Waals surface area contributed by atoms with Gasteiger partial charge in [-0.3, -0.25) is 4.79 Å². The summed E-state index contributed by atoms with van der Waals surface area (Å²) in [5, 5.41) is 12.6. The molecular formula is C17H20FNO3S. The zero-order valence-corrected chi connectivity index (χ0v) is 13.8. The van der Waals surface area contributed by atoms with E-state index in [0.29, 0.717) is 28.2 Å². The molecule has 4 nitrogen and oxygen atoms in total. The van der Waals surface area contributed by atoms with Gasteiger partial charge >= 0.3 is 0 Å². The van der Waals surface area contributed by atoms with Crippen LogP contribution in [0.4, 0.5) is 4.39 Å². The summed E-state index contributed by atoms with van der Waals surface area (Å²) < 4.78 is 20.1. The summed E-state index contributed by atoms with van der Waals surface area (Å²) in [5.74, 6) is -0.0926. The highest BCUT2D eigenvalue weighted by atomic mass is 32.1. The summed E-state index contributed by atoms with van der Waals surface area (Å²) in [7, 11) is 1.53. The molecule has 1 unspecified atom stereocenters. The van der Waals surface area contributed by atoms with Crippen LogP contribution in [0.25, 0.3) is 10.1 Å². The monoisotopic (exact) mass is 337 g/mol. The molecule has 0 bridgehead atoms. The van der Waals surface area contributed by atoms with Gasteiger partial charge in [0.2, 0.25) is 0 Å². The number of benzene rings is 1. The normalized spacial score (nSPS) is 15.8. The molecule has 1 aromatic heterocycles. The minimum Gasteiger partial charge on any atom is -0.396 e. The molecule has 1 saturated carbocycles. The van der Waals surface area contributed by atoms with Crippen molar-refractivity contribution in [3.8, 4) is 0 Å². The van der Waals surface area contributed by atoms with E-state index in [1.165, 1.54) is 24.5 Å². The Kier molecular flexibility index (Phi) is 4.94. The second-order valence-electron chi connectivity index (χ2n) is 5.89. The number of rotatable bonds is 7. The summed E-state index contributed by atoms with van der Waals surface area (Å²) in [4.78, 5) is 13.2. The highest BCUT2D eigenvalue weighted by molar-refractivity contribution is 7.21. The van der Waals surface area contributed by atoms with Crippen molar-refractivity contribution in [1.29, 1.82) is 0 Å². The number of carbonyl (C=O) groups is 1. The summed E-state index contributed by atoms with van der Waals surface area (Å²) in [5.41, 5.74) is 0.599. The number of ether oxygens (including phenoxy) is 1. The van der Waals surface area contributed by atoms with Gasteiger partial charge in [0.25, 0.3) is 5.91 Å². The number of carbonyl (C=O) groups excluding carboxylic acids is 1. The van der Waals surface area contributed by atoms with Gasteiger partial charge in [0.05, 0.1) is 11.5 Å². The average Bonchev–Trinajstić information content (AvgIpc) is 3.30. The summed E-state index contributed by atoms with van der Waals surface area (Å²) >= 11 is 1.28. The predicted molar refractivity (Wildman–Crippen MR) is 88.2 cm³/mol. The minimum absolute atomic E-state index is 0.0158. The van der Waals surface area contributed by atoms with Gasteiger partial charge in [0.15, 0.2) is 0 Å². The van der Waals surface area contributed by atoms with E-state index in [1.54, 1.807) is 6.07 Å². The Labute approximate surface area is 138 Å². The van der Waals surface area contributed by atoms with E-state index in [9.17, 15) is 9.18 Å². The number of halogens is 1. The lowest BCUT2D eigenvalue weighted by atomic mass is 10.1. The van der Waals surface area contributed by atoms with Gasteiger partial charge < -0.3 is 15.2 Å². The van der Waals surface area contributed by atoms with Crippen LogP contribution in [0.1, 0.15) is 34.5 Å². The smallest absolute Gasteiger partial charge is 0.261 e. The van der Waals surface area contributed by atoms with Crippen molar-refractivity contribution < 1.29 is 19.0 Å². The molecule has 0 radical (unpaired) electrons. The first-order chi connectivity index (χ1) is 11.2. The zero-order valence-electron chi connectivity index (χ0n) is 13.0. The number of hydrogen-bond donors (Lipinski definition) is 2. The zero-order chi connectivity index (χ0) is 16.4. The van der Waals surface area contributed by atoms with Gasteiger partial charge in [0.1, 0.15) is 5.82 Å². The van der Waals surface area contributed by atoms with Crippen molar-refractivity contribution in [1.82, 2.24) is 5.32 Å². The predicted octanol–water partition coefficient (Wildman–Crippen LogP) is 3.08. The number of nitrogens with one attached hydrogen (secondary N) is 1. The molecule has 1 aromatic carbocycles. The molecule has 1 fully saturated rings. The maximum atomic E-state index is 14.2. The number of methoxy groups -OCH3 is 1. The molecule has 3 rings (SSSR count). The highest BCUT2D eigenvalue weighted by Crippen LogP contribution is 2.36. The van der Waals surface area contributed by atoms with Crippen molar-refractivity contribution in [2.75, 3.05) is 13.7 Å². The lowest BCUT2D eigenvalue weighted by molar-refractivity contribution is 0.0924. The Morgan fingerprint density at radius 2 is 2.30 bits per heavy atom. The summed E-state index contributed by atoms with van der Waals surface area (Å²) in [6.07, 6.45) is 2.71. The largest absolute Gasteiger partial charge is 0.396 e. The SMILES string of the molecule is COCc1c(C(=O)NC(CCO)C2CC2)sc2cccc(F)c12. The second kappa shape index (κ2) is 6.95. The molecule has 1 heterocycles. The molecule has 1 aliphatic rings. The van der Waals surface area contributed by atoms with Crippen LogP contribution in [0.2, 0.25) is 0 Å². The van der Waals surface area contributed by atoms with E-state index in [1.807, 2.05) is 6.07 Å². The first-order valence-electron chi connectivity index (χ1n) is 7.76. The van der Waals surface area contributed by atoms with Gasteiger partial charge in [-0.2, -0.15) is 0 Å². The lowest BCUT2D eigenvalue weighted by Gasteiger charge is -2.17. The molecule has 1 amide bonds. The van der Waals surface area contributed by atoms with E-state index >= 15 is 0 Å². The summed E-state index contributed by atoms with van der Waals surface area (Å²) in [6, 6.07) is 4.84. The van der Waals surface area contributed by atoms with Crippen LogP contribution in [0.3, 0.4) is 0 Å². The Hall–Kier alpha value is -1.50. The third-order valence-electron chi connectivity index (χ3n) is 4.21. The van der Waals surface area contributed by atoms with Gasteiger partial charge in [0, 0.05) is 35.4 Å². The number of thiophene rings is 1. The van der Waals surface area contributed by atoms with E-state index in [-0.39, 0.29) is 31.0 Å². The quantitative estimate of drug-likeness (QED) is 0.816. The van der Waals surface area contributed by atoms with Gasteiger partial charge in [-0.15, -0.1) is 11.3 Å². The maximum absolute atomic E-state index is 14.2. The molecule has 0 aliphatic heterocycles. The summed E-state index contributed by atoms with van der Waals surface area (Å²) in [6.45, 7) is 0.241. The molecular weight excluding hydrogens is 317 g/mol. The second-order valence-corrected chi connectivity index (χ2v) is 6.94. The first-order valence-corrected chi connectivity index (χ1v) is 8.58. The van der Waals surface area contributed by atoms with Crippen molar-refractivity contribution in [2.24, 2.45) is 5.92 Å². The molecule has 2 N–H and O–H groups in total. The van der Waals surface area contributed by atoms with Crippen LogP contribution >= 0.6 is 11.3 Å². The molecule has 124 valence electrons. The Morgan fingerprint density at radius 1 is 1.52 bits per heavy atom. The number of aliphatic hydroxyl groups is 1. The van der Waals surface area contributed by atoms with Gasteiger partial charge in [-0.05, 0) is 37.3 Å². The molecule has 0 saturated heterocycles. The standard InChI is InChI=1S/C17H20FNO3S/c1-22-9-11-15-12(18)3-2-4-14(15)23-16(11)17(21)19-13(7-8-20)10-5-6-10/h2-4,10,13,20H,5-9H2,1H3,(H,19,21). The van der Waals surface area contributed by atoms with Crippen LogP contribution in [-0.2, 0) is 11.3 Å². The Balaban J connectivity index is 1.92. The van der Waals surface area contributed by atoms with Gasteiger partial charge in [-0.25, -0.2) is 4.39 Å². The third-order valence-corrected chi connectivity index (χ3v) is 5.40. The number of amides is 1. The van der Waals surface area contributed by atoms with Crippen molar-refractivity contribution in [2.45, 2.75) is 31.9 Å². The Bertz CT molecular complexity index is 711. The lowest BCUT2D eigenvalue weighted by Crippen LogP contribution is -2.37. The molecule has 1 atom stereocenters. The Morgan fingerprint density at radius 3 is 2.96 bits per heavy atom. The van der Waals surface area contributed by atoms with Crippen molar-refractivity contribution in [3.63, 3.8) is 0 Å². The van der Waals surface area contributed by atoms with Gasteiger partial charge in [-0.1, -0.05) is 6.07 Å². The number of hydrogen-bond acceptors (Lipinski definition) is 4. The average molecular weight is 337 g/mol. The highest BCUT2D eigenvalue weighted by Gasteiger charge is 2.33. The fraction of sp³-hybridized carbons (Fsp3) is 0.471. The fourth-order valence-electron chi connectivity index (χ4n) is 2.93.